The van der Waals surface area contributed by atoms with E-state index < -0.39 is 0 Å². The number of hydrogen-bond donors (Lipinski definition) is 2. The van der Waals surface area contributed by atoms with Crippen LogP contribution >= 0.6 is 0 Å². The van der Waals surface area contributed by atoms with Crippen LogP contribution in [0.15, 0.2) is 12.4 Å². The van der Waals surface area contributed by atoms with Gasteiger partial charge < -0.3 is 15.2 Å². The first kappa shape index (κ1) is 15.0. The van der Waals surface area contributed by atoms with Crippen molar-refractivity contribution in [1.29, 1.82) is 0 Å². The van der Waals surface area contributed by atoms with Gasteiger partial charge in [-0.05, 0) is 25.2 Å². The van der Waals surface area contributed by atoms with Gasteiger partial charge in [-0.15, -0.1) is 0 Å². The molecule has 1 aliphatic carbocycles. The van der Waals surface area contributed by atoms with E-state index in [2.05, 4.69) is 29.1 Å². The molecular formula is C15H25N3O2. The molecule has 2 unspecified atom stereocenters. The molecule has 0 aromatic carbocycles. The summed E-state index contributed by atoms with van der Waals surface area (Å²) >= 11 is 0. The first-order chi connectivity index (χ1) is 9.67. The van der Waals surface area contributed by atoms with Crippen LogP contribution in [0.1, 0.15) is 46.0 Å². The summed E-state index contributed by atoms with van der Waals surface area (Å²) in [7, 11) is 0. The number of rotatable bonds is 6. The molecule has 0 bridgehead atoms. The molecule has 2 rings (SSSR count). The second-order valence-corrected chi connectivity index (χ2v) is 5.85. The van der Waals surface area contributed by atoms with E-state index >= 15 is 0 Å². The van der Waals surface area contributed by atoms with E-state index in [-0.39, 0.29) is 12.1 Å². The summed E-state index contributed by atoms with van der Waals surface area (Å²) in [6, 6.07) is 1.81. The summed E-state index contributed by atoms with van der Waals surface area (Å²) in [5.41, 5.74) is -0.256. The topological polar surface area (TPSA) is 67.3 Å². The van der Waals surface area contributed by atoms with Gasteiger partial charge >= 0.3 is 0 Å². The average molecular weight is 279 g/mol. The van der Waals surface area contributed by atoms with Crippen molar-refractivity contribution >= 4 is 5.82 Å². The molecule has 1 saturated carbocycles. The lowest BCUT2D eigenvalue weighted by Gasteiger charge is -2.39. The van der Waals surface area contributed by atoms with E-state index in [0.717, 1.165) is 31.5 Å². The van der Waals surface area contributed by atoms with Crippen molar-refractivity contribution in [3.8, 4) is 5.88 Å². The van der Waals surface area contributed by atoms with E-state index in [1.165, 1.54) is 12.7 Å². The Morgan fingerprint density at radius 2 is 2.35 bits per heavy atom. The van der Waals surface area contributed by atoms with E-state index in [1.54, 1.807) is 0 Å². The van der Waals surface area contributed by atoms with E-state index in [9.17, 15) is 5.11 Å². The highest BCUT2D eigenvalue weighted by atomic mass is 16.5. The molecule has 2 N–H and O–H groups in total. The van der Waals surface area contributed by atoms with Crippen molar-refractivity contribution in [1.82, 2.24) is 9.97 Å². The molecule has 5 heteroatoms. The van der Waals surface area contributed by atoms with Crippen molar-refractivity contribution < 1.29 is 9.84 Å². The van der Waals surface area contributed by atoms with Crippen LogP contribution in [0.3, 0.4) is 0 Å². The molecule has 1 fully saturated rings. The van der Waals surface area contributed by atoms with Gasteiger partial charge in [0.25, 0.3) is 0 Å². The SMILES string of the molecule is CCCOc1cc(NC2(CO)CCCC(C)C2)ncn1. The van der Waals surface area contributed by atoms with E-state index in [4.69, 9.17) is 4.74 Å². The Morgan fingerprint density at radius 3 is 3.05 bits per heavy atom. The number of aliphatic hydroxyl groups excluding tert-OH is 1. The molecule has 2 atom stereocenters. The van der Waals surface area contributed by atoms with Gasteiger partial charge in [0, 0.05) is 6.07 Å². The molecule has 5 nitrogen and oxygen atoms in total. The van der Waals surface area contributed by atoms with Crippen LogP contribution in [0.25, 0.3) is 0 Å². The summed E-state index contributed by atoms with van der Waals surface area (Å²) in [5, 5.41) is 13.2. The predicted molar refractivity (Wildman–Crippen MR) is 78.9 cm³/mol. The standard InChI is InChI=1S/C15H25N3O2/c1-3-7-20-14-8-13(16-11-17-14)18-15(10-19)6-4-5-12(2)9-15/h8,11-12,19H,3-7,9-10H2,1-2H3,(H,16,17,18). The van der Waals surface area contributed by atoms with Gasteiger partial charge in [-0.1, -0.05) is 26.7 Å². The van der Waals surface area contributed by atoms with Gasteiger partial charge in [0.2, 0.25) is 5.88 Å². The molecule has 0 spiro atoms. The summed E-state index contributed by atoms with van der Waals surface area (Å²) in [6.07, 6.45) is 6.77. The van der Waals surface area contributed by atoms with Crippen molar-refractivity contribution in [2.45, 2.75) is 51.5 Å². The van der Waals surface area contributed by atoms with Gasteiger partial charge in [-0.3, -0.25) is 0 Å². The number of ether oxygens (including phenoxy) is 1. The number of aromatic nitrogens is 2. The van der Waals surface area contributed by atoms with Gasteiger partial charge in [-0.2, -0.15) is 0 Å². The highest BCUT2D eigenvalue weighted by Gasteiger charge is 2.34. The first-order valence-electron chi connectivity index (χ1n) is 7.51. The lowest BCUT2D eigenvalue weighted by molar-refractivity contribution is 0.149. The van der Waals surface area contributed by atoms with Crippen LogP contribution in [-0.4, -0.2) is 33.8 Å². The Morgan fingerprint density at radius 1 is 1.50 bits per heavy atom. The number of hydrogen-bond acceptors (Lipinski definition) is 5. The van der Waals surface area contributed by atoms with Crippen molar-refractivity contribution in [2.24, 2.45) is 5.92 Å². The number of nitrogens with one attached hydrogen (secondary N) is 1. The second kappa shape index (κ2) is 6.88. The third-order valence-electron chi connectivity index (χ3n) is 3.88. The first-order valence-corrected chi connectivity index (χ1v) is 7.51. The largest absolute Gasteiger partial charge is 0.478 e. The molecule has 1 aliphatic rings. The fourth-order valence-electron chi connectivity index (χ4n) is 2.92. The molecule has 0 aliphatic heterocycles. The fourth-order valence-corrected chi connectivity index (χ4v) is 2.92. The quantitative estimate of drug-likeness (QED) is 0.838. The molecule has 20 heavy (non-hydrogen) atoms. The summed E-state index contributed by atoms with van der Waals surface area (Å²) < 4.78 is 5.52. The minimum absolute atomic E-state index is 0.131. The minimum atomic E-state index is -0.256. The zero-order valence-corrected chi connectivity index (χ0v) is 12.4. The second-order valence-electron chi connectivity index (χ2n) is 5.85. The molecule has 112 valence electrons. The predicted octanol–water partition coefficient (Wildman–Crippen LogP) is 2.62. The van der Waals surface area contributed by atoms with E-state index in [0.29, 0.717) is 18.4 Å². The lowest BCUT2D eigenvalue weighted by Crippen LogP contribution is -2.46. The van der Waals surface area contributed by atoms with Crippen molar-refractivity contribution in [3.05, 3.63) is 12.4 Å². The van der Waals surface area contributed by atoms with Gasteiger partial charge in [0.1, 0.15) is 12.1 Å². The lowest BCUT2D eigenvalue weighted by atomic mass is 9.77. The highest BCUT2D eigenvalue weighted by Crippen LogP contribution is 2.34. The van der Waals surface area contributed by atoms with Crippen LogP contribution in [-0.2, 0) is 0 Å². The molecule has 0 saturated heterocycles. The van der Waals surface area contributed by atoms with Gasteiger partial charge in [-0.25, -0.2) is 9.97 Å². The van der Waals surface area contributed by atoms with Gasteiger partial charge in [0.15, 0.2) is 0 Å². The Hall–Kier alpha value is -1.36. The molecule has 1 aromatic rings. The Bertz CT molecular complexity index is 427. The van der Waals surface area contributed by atoms with E-state index in [1.807, 2.05) is 6.07 Å². The Labute approximate surface area is 120 Å². The number of nitrogens with zero attached hydrogens (tertiary/aromatic N) is 2. The Balaban J connectivity index is 2.07. The smallest absolute Gasteiger partial charge is 0.218 e. The third-order valence-corrected chi connectivity index (χ3v) is 3.88. The van der Waals surface area contributed by atoms with Crippen molar-refractivity contribution in [3.63, 3.8) is 0 Å². The van der Waals surface area contributed by atoms with Crippen LogP contribution in [0.5, 0.6) is 5.88 Å². The molecule has 0 amide bonds. The highest BCUT2D eigenvalue weighted by molar-refractivity contribution is 5.40. The zero-order chi connectivity index (χ0) is 14.4. The number of anilines is 1. The third kappa shape index (κ3) is 3.82. The van der Waals surface area contributed by atoms with Crippen LogP contribution in [0, 0.1) is 5.92 Å². The molecule has 1 aromatic heterocycles. The number of aliphatic hydroxyl groups is 1. The fraction of sp³-hybridized carbons (Fsp3) is 0.733. The summed E-state index contributed by atoms with van der Waals surface area (Å²) in [6.45, 7) is 5.08. The maximum absolute atomic E-state index is 9.79. The molecule has 0 radical (unpaired) electrons. The molecular weight excluding hydrogens is 254 g/mol. The van der Waals surface area contributed by atoms with Crippen LogP contribution < -0.4 is 10.1 Å². The summed E-state index contributed by atoms with van der Waals surface area (Å²) in [4.78, 5) is 8.34. The van der Waals surface area contributed by atoms with Crippen molar-refractivity contribution in [2.75, 3.05) is 18.5 Å². The normalized spacial score (nSPS) is 26.2. The zero-order valence-electron chi connectivity index (χ0n) is 12.4. The van der Waals surface area contributed by atoms with Crippen LogP contribution in [0.4, 0.5) is 5.82 Å². The maximum Gasteiger partial charge on any atom is 0.218 e. The summed E-state index contributed by atoms with van der Waals surface area (Å²) in [5.74, 6) is 1.94. The molecule has 1 heterocycles. The van der Waals surface area contributed by atoms with Crippen LogP contribution in [0.2, 0.25) is 0 Å². The van der Waals surface area contributed by atoms with Gasteiger partial charge in [0.05, 0.1) is 18.8 Å². The maximum atomic E-state index is 9.79. The Kier molecular flexibility index (Phi) is 5.17. The average Bonchev–Trinajstić information content (AvgIpc) is 2.45. The minimum Gasteiger partial charge on any atom is -0.478 e. The monoisotopic (exact) mass is 279 g/mol.